The molecule has 1 aromatic rings. The van der Waals surface area contributed by atoms with E-state index in [-0.39, 0.29) is 43.0 Å². The van der Waals surface area contributed by atoms with Gasteiger partial charge in [-0.15, -0.1) is 0 Å². The summed E-state index contributed by atoms with van der Waals surface area (Å²) >= 11 is 0. The number of morpholine rings is 1. The number of hydrogen-bond donors (Lipinski definition) is 3. The highest BCUT2D eigenvalue weighted by Crippen LogP contribution is 2.30. The summed E-state index contributed by atoms with van der Waals surface area (Å²) in [6.45, 7) is 6.53. The number of aliphatic hydroxyl groups excluding tert-OH is 2. The second-order valence-corrected chi connectivity index (χ2v) is 14.7. The second-order valence-electron chi connectivity index (χ2n) is 14.7. The Hall–Kier alpha value is -2.56. The molecule has 0 bridgehead atoms. The first kappa shape index (κ1) is 37.3. The summed E-state index contributed by atoms with van der Waals surface area (Å²) in [6.07, 6.45) is 11.9. The summed E-state index contributed by atoms with van der Waals surface area (Å²) in [6, 6.07) is 4.92. The van der Waals surface area contributed by atoms with Crippen molar-refractivity contribution in [2.75, 3.05) is 39.4 Å². The van der Waals surface area contributed by atoms with Crippen molar-refractivity contribution in [3.8, 4) is 0 Å². The van der Waals surface area contributed by atoms with Gasteiger partial charge in [-0.1, -0.05) is 71.3 Å². The highest BCUT2D eigenvalue weighted by atomic mass is 16.5. The fourth-order valence-electron chi connectivity index (χ4n) is 7.64. The van der Waals surface area contributed by atoms with E-state index < -0.39 is 24.2 Å². The lowest BCUT2D eigenvalue weighted by Crippen LogP contribution is -2.52. The van der Waals surface area contributed by atoms with Crippen LogP contribution in [0.15, 0.2) is 24.4 Å². The van der Waals surface area contributed by atoms with Crippen molar-refractivity contribution in [2.45, 2.75) is 122 Å². The summed E-state index contributed by atoms with van der Waals surface area (Å²) in [7, 11) is 0. The number of aromatic nitrogens is 1. The molecule has 4 atom stereocenters. The summed E-state index contributed by atoms with van der Waals surface area (Å²) < 4.78 is 5.43. The van der Waals surface area contributed by atoms with Crippen LogP contribution in [0, 0.1) is 23.7 Å². The van der Waals surface area contributed by atoms with Crippen LogP contribution in [0.25, 0.3) is 0 Å². The molecule has 3 fully saturated rings. The lowest BCUT2D eigenvalue weighted by atomic mass is 9.82. The lowest BCUT2D eigenvalue weighted by molar-refractivity contribution is -0.145. The third-order valence-corrected chi connectivity index (χ3v) is 10.4. The molecular weight excluding hydrogens is 596 g/mol. The van der Waals surface area contributed by atoms with Gasteiger partial charge in [0.1, 0.15) is 6.10 Å². The minimum atomic E-state index is -1.11. The first-order chi connectivity index (χ1) is 22.7. The molecule has 0 spiro atoms. The molecule has 2 saturated carbocycles. The Morgan fingerprint density at radius 3 is 2.26 bits per heavy atom. The first-order valence-electron chi connectivity index (χ1n) is 18.4. The van der Waals surface area contributed by atoms with Crippen LogP contribution in [0.5, 0.6) is 0 Å². The van der Waals surface area contributed by atoms with Crippen molar-refractivity contribution in [2.24, 2.45) is 23.7 Å². The van der Waals surface area contributed by atoms with Gasteiger partial charge in [0.05, 0.1) is 37.8 Å². The molecule has 0 aromatic carbocycles. The molecule has 3 aliphatic rings. The Balaban J connectivity index is 1.53. The monoisotopic (exact) mass is 656 g/mol. The normalized spacial score (nSPS) is 20.7. The molecule has 47 heavy (non-hydrogen) atoms. The van der Waals surface area contributed by atoms with E-state index in [1.807, 2.05) is 32.0 Å². The Bertz CT molecular complexity index is 1090. The molecule has 3 N–H and O–H groups in total. The zero-order valence-electron chi connectivity index (χ0n) is 28.9. The number of nitrogens with one attached hydrogen (secondary N) is 1. The van der Waals surface area contributed by atoms with E-state index in [0.29, 0.717) is 63.2 Å². The highest BCUT2D eigenvalue weighted by Gasteiger charge is 2.35. The van der Waals surface area contributed by atoms with Crippen LogP contribution in [0.1, 0.15) is 103 Å². The summed E-state index contributed by atoms with van der Waals surface area (Å²) in [4.78, 5) is 49.6. The Morgan fingerprint density at radius 2 is 1.64 bits per heavy atom. The van der Waals surface area contributed by atoms with Crippen LogP contribution in [-0.4, -0.2) is 100 Å². The van der Waals surface area contributed by atoms with E-state index in [9.17, 15) is 24.6 Å². The van der Waals surface area contributed by atoms with Gasteiger partial charge in [-0.2, -0.15) is 0 Å². The third-order valence-electron chi connectivity index (χ3n) is 10.4. The van der Waals surface area contributed by atoms with Crippen LogP contribution in [0.2, 0.25) is 0 Å². The van der Waals surface area contributed by atoms with Gasteiger partial charge in [0.15, 0.2) is 0 Å². The van der Waals surface area contributed by atoms with Crippen LogP contribution in [0.4, 0.5) is 0 Å². The van der Waals surface area contributed by atoms with Gasteiger partial charge in [-0.25, -0.2) is 0 Å². The zero-order valence-corrected chi connectivity index (χ0v) is 28.9. The number of ether oxygens (including phenoxy) is 1. The number of nitrogens with zero attached hydrogens (tertiary/aromatic N) is 3. The van der Waals surface area contributed by atoms with Crippen LogP contribution >= 0.6 is 0 Å². The molecule has 264 valence electrons. The molecule has 2 aliphatic carbocycles. The Kier molecular flexibility index (Phi) is 15.4. The molecule has 10 heteroatoms. The quantitative estimate of drug-likeness (QED) is 0.244. The molecule has 1 aliphatic heterocycles. The Labute approximate surface area is 282 Å². The minimum absolute atomic E-state index is 0.00231. The number of carbonyl (C=O) groups is 3. The molecule has 0 unspecified atom stereocenters. The molecular formula is C37H60N4O6. The topological polar surface area (TPSA) is 132 Å². The molecule has 3 amide bonds. The fourth-order valence-corrected chi connectivity index (χ4v) is 7.64. The van der Waals surface area contributed by atoms with Crippen molar-refractivity contribution in [1.82, 2.24) is 20.1 Å². The highest BCUT2D eigenvalue weighted by molar-refractivity contribution is 5.89. The van der Waals surface area contributed by atoms with E-state index in [0.717, 1.165) is 51.4 Å². The van der Waals surface area contributed by atoms with Gasteiger partial charge < -0.3 is 30.1 Å². The van der Waals surface area contributed by atoms with Crippen molar-refractivity contribution in [3.05, 3.63) is 30.1 Å². The molecule has 10 nitrogen and oxygen atoms in total. The van der Waals surface area contributed by atoms with E-state index in [4.69, 9.17) is 4.74 Å². The summed E-state index contributed by atoms with van der Waals surface area (Å²) in [5.74, 6) is -0.467. The van der Waals surface area contributed by atoms with E-state index in [1.165, 1.54) is 12.8 Å². The number of amides is 3. The van der Waals surface area contributed by atoms with Crippen LogP contribution in [0.3, 0.4) is 0 Å². The second kappa shape index (κ2) is 19.4. The summed E-state index contributed by atoms with van der Waals surface area (Å²) in [5.41, 5.74) is 0.702. The maximum absolute atomic E-state index is 14.2. The minimum Gasteiger partial charge on any atom is -0.390 e. The molecule has 0 radical (unpaired) electrons. The van der Waals surface area contributed by atoms with Crippen LogP contribution in [-0.2, 0) is 25.5 Å². The zero-order chi connectivity index (χ0) is 33.6. The average Bonchev–Trinajstić information content (AvgIpc) is 3.08. The van der Waals surface area contributed by atoms with Gasteiger partial charge in [0.25, 0.3) is 0 Å². The van der Waals surface area contributed by atoms with E-state index >= 15 is 0 Å². The summed E-state index contributed by atoms with van der Waals surface area (Å²) in [5, 5.41) is 25.4. The van der Waals surface area contributed by atoms with Crippen molar-refractivity contribution >= 4 is 17.7 Å². The smallest absolute Gasteiger partial charge is 0.242 e. The van der Waals surface area contributed by atoms with Gasteiger partial charge in [0.2, 0.25) is 17.7 Å². The van der Waals surface area contributed by atoms with Gasteiger partial charge in [-0.3, -0.25) is 19.4 Å². The first-order valence-corrected chi connectivity index (χ1v) is 18.4. The van der Waals surface area contributed by atoms with E-state index in [2.05, 4.69) is 10.3 Å². The predicted octanol–water partition coefficient (Wildman–Crippen LogP) is 4.12. The van der Waals surface area contributed by atoms with Gasteiger partial charge in [0, 0.05) is 44.4 Å². The molecule has 1 aromatic heterocycles. The number of carbonyl (C=O) groups excluding carboxylic acids is 3. The third kappa shape index (κ3) is 12.4. The molecule has 2 heterocycles. The largest absolute Gasteiger partial charge is 0.390 e. The van der Waals surface area contributed by atoms with Crippen molar-refractivity contribution in [3.63, 3.8) is 0 Å². The van der Waals surface area contributed by atoms with Gasteiger partial charge in [-0.05, 0) is 55.6 Å². The molecule has 4 rings (SSSR count). The van der Waals surface area contributed by atoms with Crippen molar-refractivity contribution in [1.29, 1.82) is 0 Å². The van der Waals surface area contributed by atoms with Crippen LogP contribution < -0.4 is 5.32 Å². The number of pyridine rings is 1. The Morgan fingerprint density at radius 1 is 0.979 bits per heavy atom. The lowest BCUT2D eigenvalue weighted by Gasteiger charge is -2.34. The molecule has 1 saturated heterocycles. The van der Waals surface area contributed by atoms with Gasteiger partial charge >= 0.3 is 0 Å². The average molecular weight is 657 g/mol. The number of rotatable bonds is 16. The predicted molar refractivity (Wildman–Crippen MR) is 181 cm³/mol. The SMILES string of the molecule is CC(C)C[C@H](O)[C@H](O)[C@H](CC1CCCCC1)NC(=O)[C@@H](CC(=O)N(CC(=O)N1CCOCC1)CC1CCCCC1)Cc1ccccn1. The maximum atomic E-state index is 14.2. The van der Waals surface area contributed by atoms with Crippen molar-refractivity contribution < 1.29 is 29.3 Å². The maximum Gasteiger partial charge on any atom is 0.242 e. The number of aliphatic hydroxyl groups is 2. The standard InChI is InChI=1S/C37H60N4O6/c1-27(2)21-33(42)36(45)32(22-28-11-5-3-6-12-28)39-37(46)30(23-31-15-9-10-16-38-31)24-34(43)41(25-29-13-7-4-8-14-29)26-35(44)40-17-19-47-20-18-40/h9-10,15-16,27-30,32-33,36,42,45H,3-8,11-14,17-26H2,1-2H3,(H,39,46)/t30-,32+,33+,36-/m1/s1. The fraction of sp³-hybridized carbons (Fsp3) is 0.784. The van der Waals surface area contributed by atoms with E-state index in [1.54, 1.807) is 16.0 Å². The number of hydrogen-bond acceptors (Lipinski definition) is 7.